The van der Waals surface area contributed by atoms with Crippen LogP contribution >= 0.6 is 0 Å². The largest absolute Gasteiger partial charge is 0.378 e. The van der Waals surface area contributed by atoms with E-state index in [9.17, 15) is 14.0 Å². The second-order valence-corrected chi connectivity index (χ2v) is 12.4. The van der Waals surface area contributed by atoms with E-state index in [1.54, 1.807) is 16.9 Å². The maximum atomic E-state index is 13.7. The van der Waals surface area contributed by atoms with Gasteiger partial charge in [0.15, 0.2) is 0 Å². The molecule has 10 nitrogen and oxygen atoms in total. The molecule has 1 aliphatic carbocycles. The number of anilines is 1. The predicted octanol–water partition coefficient (Wildman–Crippen LogP) is 4.82. The van der Waals surface area contributed by atoms with Gasteiger partial charge in [0, 0.05) is 62.0 Å². The number of fused-ring (bicyclic) bond motifs is 3. The second kappa shape index (κ2) is 11.0. The number of rotatable bonds is 6. The maximum absolute atomic E-state index is 13.7. The SMILES string of the molecule is CC(C)n1cc(-c2cn3ncc(C#N)c3c(-c3ccc(N4CC5COCC(C4)N5CC4CCC(F)(F)CC4)nc3)n2)cn1. The Morgan fingerprint density at radius 3 is 2.44 bits per heavy atom. The number of morpholine rings is 1. The highest BCUT2D eigenvalue weighted by atomic mass is 19.3. The van der Waals surface area contributed by atoms with E-state index in [-0.39, 0.29) is 31.0 Å². The lowest BCUT2D eigenvalue weighted by molar-refractivity contribution is -0.0808. The van der Waals surface area contributed by atoms with Crippen LogP contribution in [-0.4, -0.2) is 85.1 Å². The first-order valence-corrected chi connectivity index (χ1v) is 15.0. The van der Waals surface area contributed by atoms with Crippen LogP contribution in [0.25, 0.3) is 28.0 Å². The third-order valence-corrected chi connectivity index (χ3v) is 9.12. The average molecular weight is 588 g/mol. The van der Waals surface area contributed by atoms with Crippen LogP contribution < -0.4 is 4.90 Å². The van der Waals surface area contributed by atoms with Crippen molar-refractivity contribution in [1.82, 2.24) is 34.3 Å². The number of nitrogens with zero attached hydrogens (tertiary/aromatic N) is 9. The first-order chi connectivity index (χ1) is 20.8. The Morgan fingerprint density at radius 1 is 1.02 bits per heavy atom. The maximum Gasteiger partial charge on any atom is 0.248 e. The molecule has 43 heavy (non-hydrogen) atoms. The van der Waals surface area contributed by atoms with Gasteiger partial charge in [0.05, 0.1) is 55.3 Å². The van der Waals surface area contributed by atoms with E-state index in [0.717, 1.165) is 36.6 Å². The third-order valence-electron chi connectivity index (χ3n) is 9.12. The number of hydrogen-bond acceptors (Lipinski definition) is 8. The zero-order valence-corrected chi connectivity index (χ0v) is 24.4. The summed E-state index contributed by atoms with van der Waals surface area (Å²) in [7, 11) is 0. The minimum atomic E-state index is -2.50. The third kappa shape index (κ3) is 5.36. The summed E-state index contributed by atoms with van der Waals surface area (Å²) in [5.74, 6) is -1.31. The highest BCUT2D eigenvalue weighted by Crippen LogP contribution is 2.38. The number of nitriles is 1. The molecule has 4 aromatic heterocycles. The summed E-state index contributed by atoms with van der Waals surface area (Å²) in [6.45, 7) is 7.80. The van der Waals surface area contributed by atoms with Gasteiger partial charge < -0.3 is 9.64 Å². The van der Waals surface area contributed by atoms with E-state index in [1.165, 1.54) is 0 Å². The fourth-order valence-corrected chi connectivity index (χ4v) is 6.70. The van der Waals surface area contributed by atoms with Crippen LogP contribution in [0.15, 0.2) is 43.1 Å². The Labute approximate surface area is 248 Å². The molecule has 2 saturated heterocycles. The molecular formula is C31H35F2N9O. The van der Waals surface area contributed by atoms with E-state index in [2.05, 4.69) is 39.9 Å². The lowest BCUT2D eigenvalue weighted by Gasteiger charge is -2.51. The molecule has 0 amide bonds. The first-order valence-electron chi connectivity index (χ1n) is 15.0. The number of alkyl halides is 2. The van der Waals surface area contributed by atoms with Gasteiger partial charge in [-0.25, -0.2) is 23.3 Å². The molecule has 1 saturated carbocycles. The quantitative estimate of drug-likeness (QED) is 0.317. The number of pyridine rings is 1. The van der Waals surface area contributed by atoms with Crippen molar-refractivity contribution >= 4 is 11.3 Å². The molecule has 224 valence electrons. The van der Waals surface area contributed by atoms with Crippen LogP contribution in [0.1, 0.15) is 51.1 Å². The van der Waals surface area contributed by atoms with Gasteiger partial charge in [0.2, 0.25) is 5.92 Å². The molecule has 2 aliphatic heterocycles. The van der Waals surface area contributed by atoms with E-state index >= 15 is 0 Å². The van der Waals surface area contributed by atoms with Crippen LogP contribution in [0.5, 0.6) is 0 Å². The van der Waals surface area contributed by atoms with Gasteiger partial charge in [0.25, 0.3) is 0 Å². The number of aromatic nitrogens is 6. The smallest absolute Gasteiger partial charge is 0.248 e. The Hall–Kier alpha value is -3.95. The Balaban J connectivity index is 1.13. The molecule has 7 rings (SSSR count). The monoisotopic (exact) mass is 587 g/mol. The topological polar surface area (TPSA) is 100 Å². The molecule has 3 aliphatic rings. The van der Waals surface area contributed by atoms with Gasteiger partial charge in [0.1, 0.15) is 23.0 Å². The second-order valence-electron chi connectivity index (χ2n) is 12.4. The minimum absolute atomic E-state index is 0.000533. The summed E-state index contributed by atoms with van der Waals surface area (Å²) < 4.78 is 36.9. The van der Waals surface area contributed by atoms with Crippen molar-refractivity contribution < 1.29 is 13.5 Å². The lowest BCUT2D eigenvalue weighted by atomic mass is 9.85. The molecule has 3 fully saturated rings. The fourth-order valence-electron chi connectivity index (χ4n) is 6.70. The van der Waals surface area contributed by atoms with Gasteiger partial charge in [-0.05, 0) is 44.7 Å². The molecule has 2 atom stereocenters. The Bertz CT molecular complexity index is 1630. The number of hydrogen-bond donors (Lipinski definition) is 0. The van der Waals surface area contributed by atoms with Gasteiger partial charge in [-0.3, -0.25) is 9.58 Å². The van der Waals surface area contributed by atoms with E-state index in [1.807, 2.05) is 35.4 Å². The van der Waals surface area contributed by atoms with E-state index in [0.29, 0.717) is 54.4 Å². The van der Waals surface area contributed by atoms with Crippen molar-refractivity contribution in [2.75, 3.05) is 37.7 Å². The molecule has 2 bridgehead atoms. The van der Waals surface area contributed by atoms with Crippen molar-refractivity contribution in [3.63, 3.8) is 0 Å². The fraction of sp³-hybridized carbons (Fsp3) is 0.516. The molecule has 6 heterocycles. The van der Waals surface area contributed by atoms with Gasteiger partial charge in [-0.1, -0.05) is 0 Å². The molecule has 2 unspecified atom stereocenters. The van der Waals surface area contributed by atoms with Crippen molar-refractivity contribution in [2.45, 2.75) is 63.6 Å². The van der Waals surface area contributed by atoms with Crippen molar-refractivity contribution in [3.05, 3.63) is 48.7 Å². The van der Waals surface area contributed by atoms with Crippen molar-refractivity contribution in [3.8, 4) is 28.6 Å². The Kier molecular flexibility index (Phi) is 7.10. The normalized spacial score (nSPS) is 22.7. The van der Waals surface area contributed by atoms with Gasteiger partial charge >= 0.3 is 0 Å². The number of ether oxygens (including phenoxy) is 1. The van der Waals surface area contributed by atoms with Crippen molar-refractivity contribution in [1.29, 1.82) is 5.26 Å². The van der Waals surface area contributed by atoms with Gasteiger partial charge in [-0.15, -0.1) is 0 Å². The zero-order chi connectivity index (χ0) is 29.7. The number of piperazine rings is 1. The van der Waals surface area contributed by atoms with Crippen LogP contribution in [-0.2, 0) is 4.74 Å². The first kappa shape index (κ1) is 27.9. The summed E-state index contributed by atoms with van der Waals surface area (Å²) in [6, 6.07) is 6.87. The van der Waals surface area contributed by atoms with Crippen LogP contribution in [0.2, 0.25) is 0 Å². The molecule has 0 spiro atoms. The summed E-state index contributed by atoms with van der Waals surface area (Å²) in [6.07, 6.45) is 10.1. The predicted molar refractivity (Wildman–Crippen MR) is 157 cm³/mol. The molecule has 0 N–H and O–H groups in total. The average Bonchev–Trinajstić information content (AvgIpc) is 3.66. The van der Waals surface area contributed by atoms with Crippen LogP contribution in [0.4, 0.5) is 14.6 Å². The minimum Gasteiger partial charge on any atom is -0.378 e. The standard InChI is InChI=1S/C31H35F2N9O/c1-20(2)41-14-24(12-36-41)27-17-42-30(23(9-34)11-37-42)29(38-27)22-3-4-28(35-10-22)39-15-25-18-43-19-26(16-39)40(25)13-21-5-7-31(32,33)8-6-21/h3-4,10-12,14,17,20-21,25-26H,5-8,13,15-16,18-19H2,1-2H3. The summed E-state index contributed by atoms with van der Waals surface area (Å²) >= 11 is 0. The van der Waals surface area contributed by atoms with Crippen LogP contribution in [0, 0.1) is 17.2 Å². The van der Waals surface area contributed by atoms with Crippen LogP contribution in [0.3, 0.4) is 0 Å². The lowest BCUT2D eigenvalue weighted by Crippen LogP contribution is -2.65. The Morgan fingerprint density at radius 2 is 1.79 bits per heavy atom. The molecule has 12 heteroatoms. The van der Waals surface area contributed by atoms with E-state index in [4.69, 9.17) is 14.7 Å². The van der Waals surface area contributed by atoms with Gasteiger partial charge in [-0.2, -0.15) is 15.5 Å². The van der Waals surface area contributed by atoms with E-state index < -0.39 is 5.92 Å². The van der Waals surface area contributed by atoms with Crippen molar-refractivity contribution in [2.24, 2.45) is 5.92 Å². The molecular weight excluding hydrogens is 552 g/mol. The number of halogens is 2. The highest BCUT2D eigenvalue weighted by Gasteiger charge is 2.41. The summed E-state index contributed by atoms with van der Waals surface area (Å²) in [5, 5.41) is 18.7. The molecule has 4 aromatic rings. The molecule has 0 radical (unpaired) electrons. The zero-order valence-electron chi connectivity index (χ0n) is 24.4. The summed E-state index contributed by atoms with van der Waals surface area (Å²) in [5.41, 5.74) is 4.08. The molecule has 0 aromatic carbocycles. The summed E-state index contributed by atoms with van der Waals surface area (Å²) in [4.78, 5) is 14.6. The highest BCUT2D eigenvalue weighted by molar-refractivity contribution is 5.83.